The van der Waals surface area contributed by atoms with Crippen molar-refractivity contribution in [2.24, 2.45) is 0 Å². The zero-order valence-corrected chi connectivity index (χ0v) is 17.6. The second kappa shape index (κ2) is 7.63. The number of anilines is 1. The first-order valence-electron chi connectivity index (χ1n) is 10.2. The maximum absolute atomic E-state index is 13.4. The maximum atomic E-state index is 13.4. The predicted octanol–water partition coefficient (Wildman–Crippen LogP) is 2.92. The Morgan fingerprint density at radius 3 is 2.45 bits per heavy atom. The largest absolute Gasteiger partial charge is 0.469 e. The molecule has 1 amide bonds. The lowest BCUT2D eigenvalue weighted by Gasteiger charge is -2.29. The molecule has 1 aromatic heterocycles. The van der Waals surface area contributed by atoms with Crippen LogP contribution in [0, 0.1) is 6.92 Å². The van der Waals surface area contributed by atoms with Crippen LogP contribution in [0.2, 0.25) is 0 Å². The number of morpholine rings is 1. The lowest BCUT2D eigenvalue weighted by molar-refractivity contribution is 0.0541. The van der Waals surface area contributed by atoms with Crippen molar-refractivity contribution in [1.29, 1.82) is 0 Å². The van der Waals surface area contributed by atoms with E-state index in [1.165, 1.54) is 0 Å². The van der Waals surface area contributed by atoms with Crippen molar-refractivity contribution < 1.29 is 14.3 Å². The molecule has 7 heteroatoms. The van der Waals surface area contributed by atoms with E-state index in [0.29, 0.717) is 62.5 Å². The van der Waals surface area contributed by atoms with Crippen molar-refractivity contribution in [1.82, 2.24) is 14.9 Å². The highest BCUT2D eigenvalue weighted by molar-refractivity contribution is 6.02. The van der Waals surface area contributed by atoms with Crippen molar-refractivity contribution in [2.45, 2.75) is 33.3 Å². The number of nitrogens with zero attached hydrogens (tertiary/aromatic N) is 4. The van der Waals surface area contributed by atoms with Gasteiger partial charge in [-0.1, -0.05) is 29.8 Å². The number of ether oxygens (including phenoxy) is 2. The van der Waals surface area contributed by atoms with Crippen LogP contribution in [0.3, 0.4) is 0 Å². The van der Waals surface area contributed by atoms with Gasteiger partial charge in [0.15, 0.2) is 0 Å². The van der Waals surface area contributed by atoms with E-state index in [-0.39, 0.29) is 5.91 Å². The van der Waals surface area contributed by atoms with E-state index < -0.39 is 5.60 Å². The van der Waals surface area contributed by atoms with Gasteiger partial charge in [0.25, 0.3) is 5.91 Å². The van der Waals surface area contributed by atoms with Crippen LogP contribution in [0.5, 0.6) is 5.88 Å². The van der Waals surface area contributed by atoms with Crippen LogP contribution in [0.25, 0.3) is 11.3 Å². The van der Waals surface area contributed by atoms with E-state index in [1.807, 2.05) is 52.0 Å². The van der Waals surface area contributed by atoms with Crippen LogP contribution in [-0.2, 0) is 4.74 Å². The number of likely N-dealkylation sites (N-methyl/N-ethyl adjacent to an activating group) is 1. The minimum atomic E-state index is -0.544. The highest BCUT2D eigenvalue weighted by atomic mass is 16.5. The second-order valence-electron chi connectivity index (χ2n) is 8.20. The molecule has 0 spiro atoms. The van der Waals surface area contributed by atoms with Crippen LogP contribution in [0.15, 0.2) is 24.3 Å². The number of aryl methyl sites for hydroxylation is 1. The molecule has 1 fully saturated rings. The fourth-order valence-electron chi connectivity index (χ4n) is 3.76. The molecule has 0 atom stereocenters. The molecule has 0 unspecified atom stereocenters. The molecule has 2 aromatic rings. The summed E-state index contributed by atoms with van der Waals surface area (Å²) in [5.74, 6) is 0.858. The minimum absolute atomic E-state index is 0.0859. The predicted molar refractivity (Wildman–Crippen MR) is 112 cm³/mol. The van der Waals surface area contributed by atoms with Crippen LogP contribution in [-0.4, -0.2) is 65.8 Å². The van der Waals surface area contributed by atoms with Crippen molar-refractivity contribution in [2.75, 3.05) is 44.3 Å². The van der Waals surface area contributed by atoms with Gasteiger partial charge >= 0.3 is 0 Å². The topological polar surface area (TPSA) is 67.8 Å². The number of carbonyl (C=O) groups excluding carboxylic acids is 1. The van der Waals surface area contributed by atoms with Gasteiger partial charge in [-0.05, 0) is 27.7 Å². The molecular formula is C22H28N4O3. The quantitative estimate of drug-likeness (QED) is 0.795. The Labute approximate surface area is 171 Å². The summed E-state index contributed by atoms with van der Waals surface area (Å²) in [6.07, 6.45) is 0. The first-order chi connectivity index (χ1) is 13.9. The summed E-state index contributed by atoms with van der Waals surface area (Å²) in [5.41, 5.74) is 2.56. The van der Waals surface area contributed by atoms with E-state index >= 15 is 0 Å². The van der Waals surface area contributed by atoms with Gasteiger partial charge in [0.2, 0.25) is 11.8 Å². The number of rotatable bonds is 3. The molecule has 4 rings (SSSR count). The third-order valence-corrected chi connectivity index (χ3v) is 5.31. The molecule has 0 saturated carbocycles. The van der Waals surface area contributed by atoms with Crippen molar-refractivity contribution >= 4 is 11.9 Å². The summed E-state index contributed by atoms with van der Waals surface area (Å²) in [6, 6.07) is 8.06. The van der Waals surface area contributed by atoms with Crippen molar-refractivity contribution in [3.8, 4) is 17.1 Å². The Balaban J connectivity index is 1.92. The lowest BCUT2D eigenvalue weighted by Crippen LogP contribution is -2.42. The van der Waals surface area contributed by atoms with Gasteiger partial charge in [-0.3, -0.25) is 4.79 Å². The van der Waals surface area contributed by atoms with Crippen molar-refractivity contribution in [3.63, 3.8) is 0 Å². The smallest absolute Gasteiger partial charge is 0.261 e. The summed E-state index contributed by atoms with van der Waals surface area (Å²) < 4.78 is 11.8. The number of amides is 1. The molecule has 2 aliphatic rings. The number of benzene rings is 1. The fraction of sp³-hybridized carbons (Fsp3) is 0.500. The Morgan fingerprint density at radius 2 is 1.79 bits per heavy atom. The first-order valence-corrected chi connectivity index (χ1v) is 10.2. The van der Waals surface area contributed by atoms with Gasteiger partial charge in [-0.25, -0.2) is 4.98 Å². The summed E-state index contributed by atoms with van der Waals surface area (Å²) in [4.78, 5) is 26.9. The van der Waals surface area contributed by atoms with E-state index in [1.54, 1.807) is 4.90 Å². The molecule has 1 aromatic carbocycles. The Morgan fingerprint density at radius 1 is 1.10 bits per heavy atom. The van der Waals surface area contributed by atoms with Crippen LogP contribution < -0.4 is 9.64 Å². The maximum Gasteiger partial charge on any atom is 0.261 e. The van der Waals surface area contributed by atoms with Gasteiger partial charge in [0.05, 0.1) is 25.5 Å². The van der Waals surface area contributed by atoms with Gasteiger partial charge in [-0.2, -0.15) is 4.98 Å². The number of hydrogen-bond acceptors (Lipinski definition) is 6. The zero-order chi connectivity index (χ0) is 20.6. The van der Waals surface area contributed by atoms with Crippen LogP contribution in [0.4, 0.5) is 5.95 Å². The number of hydrogen-bond donors (Lipinski definition) is 0. The fourth-order valence-corrected chi connectivity index (χ4v) is 3.76. The molecule has 0 aliphatic carbocycles. The van der Waals surface area contributed by atoms with Gasteiger partial charge < -0.3 is 19.3 Å². The third-order valence-electron chi connectivity index (χ3n) is 5.31. The SMILES string of the molecule is CCN1CC(C)(C)Oc2nc(N3CCOCC3)nc(-c3ccc(C)cc3)c2C1=O. The molecule has 2 aliphatic heterocycles. The molecule has 3 heterocycles. The molecule has 7 nitrogen and oxygen atoms in total. The van der Waals surface area contributed by atoms with Gasteiger partial charge in [0.1, 0.15) is 11.2 Å². The van der Waals surface area contributed by atoms with Crippen LogP contribution >= 0.6 is 0 Å². The van der Waals surface area contributed by atoms with Gasteiger partial charge in [-0.15, -0.1) is 0 Å². The Hall–Kier alpha value is -2.67. The zero-order valence-electron chi connectivity index (χ0n) is 17.6. The summed E-state index contributed by atoms with van der Waals surface area (Å²) in [5, 5.41) is 0. The normalized spacial score (nSPS) is 18.8. The van der Waals surface area contributed by atoms with Gasteiger partial charge in [0, 0.05) is 25.2 Å². The number of aromatic nitrogens is 2. The summed E-state index contributed by atoms with van der Waals surface area (Å²) >= 11 is 0. The van der Waals surface area contributed by atoms with E-state index in [2.05, 4.69) is 4.90 Å². The average Bonchev–Trinajstić information content (AvgIpc) is 2.81. The minimum Gasteiger partial charge on any atom is -0.469 e. The first kappa shape index (κ1) is 19.6. The molecule has 1 saturated heterocycles. The molecule has 0 bridgehead atoms. The Kier molecular flexibility index (Phi) is 5.17. The highest BCUT2D eigenvalue weighted by Crippen LogP contribution is 2.36. The summed E-state index contributed by atoms with van der Waals surface area (Å²) in [6.45, 7) is 11.8. The molecule has 29 heavy (non-hydrogen) atoms. The monoisotopic (exact) mass is 396 g/mol. The Bertz CT molecular complexity index is 905. The van der Waals surface area contributed by atoms with E-state index in [0.717, 1.165) is 11.1 Å². The standard InChI is InChI=1S/C22H28N4O3/c1-5-25-14-22(3,4)29-19-17(20(25)27)18(16-8-6-15(2)7-9-16)23-21(24-19)26-10-12-28-13-11-26/h6-9H,5,10-14H2,1-4H3. The van der Waals surface area contributed by atoms with E-state index in [9.17, 15) is 4.79 Å². The summed E-state index contributed by atoms with van der Waals surface area (Å²) in [7, 11) is 0. The number of fused-ring (bicyclic) bond motifs is 1. The third kappa shape index (κ3) is 3.92. The molecule has 154 valence electrons. The van der Waals surface area contributed by atoms with E-state index in [4.69, 9.17) is 19.4 Å². The number of carbonyl (C=O) groups is 1. The molecular weight excluding hydrogens is 368 g/mol. The van der Waals surface area contributed by atoms with Crippen LogP contribution in [0.1, 0.15) is 36.7 Å². The highest BCUT2D eigenvalue weighted by Gasteiger charge is 2.37. The van der Waals surface area contributed by atoms with Crippen molar-refractivity contribution in [3.05, 3.63) is 35.4 Å². The average molecular weight is 396 g/mol. The lowest BCUT2D eigenvalue weighted by atomic mass is 10.0. The second-order valence-corrected chi connectivity index (χ2v) is 8.20. The molecule has 0 N–H and O–H groups in total. The molecule has 0 radical (unpaired) electrons.